The predicted molar refractivity (Wildman–Crippen MR) is 68.7 cm³/mol. The molecule has 2 atom stereocenters. The standard InChI is InChI=1S/C13H26N2O2/c1-4-5-12(14)13(16)15(8-9-17-3)10(2)11-6-7-11/h10-12H,4-9,14H2,1-3H3. The van der Waals surface area contributed by atoms with E-state index in [9.17, 15) is 4.79 Å². The summed E-state index contributed by atoms with van der Waals surface area (Å²) in [6.07, 6.45) is 4.18. The lowest BCUT2D eigenvalue weighted by molar-refractivity contribution is -0.136. The maximum atomic E-state index is 12.3. The van der Waals surface area contributed by atoms with Gasteiger partial charge in [0.05, 0.1) is 12.6 Å². The van der Waals surface area contributed by atoms with Crippen LogP contribution in [0.25, 0.3) is 0 Å². The van der Waals surface area contributed by atoms with E-state index in [0.29, 0.717) is 25.1 Å². The fraction of sp³-hybridized carbons (Fsp3) is 0.923. The fourth-order valence-electron chi connectivity index (χ4n) is 2.18. The summed E-state index contributed by atoms with van der Waals surface area (Å²) in [5, 5.41) is 0. The Hall–Kier alpha value is -0.610. The monoisotopic (exact) mass is 242 g/mol. The number of amides is 1. The maximum absolute atomic E-state index is 12.3. The molecule has 4 nitrogen and oxygen atoms in total. The third-order valence-corrected chi connectivity index (χ3v) is 3.53. The molecule has 2 unspecified atom stereocenters. The van der Waals surface area contributed by atoms with Gasteiger partial charge in [0.15, 0.2) is 0 Å². The Morgan fingerprint density at radius 3 is 2.65 bits per heavy atom. The van der Waals surface area contributed by atoms with Crippen LogP contribution in [-0.4, -0.2) is 43.2 Å². The van der Waals surface area contributed by atoms with Crippen molar-refractivity contribution < 1.29 is 9.53 Å². The highest BCUT2D eigenvalue weighted by molar-refractivity contribution is 5.82. The lowest BCUT2D eigenvalue weighted by Gasteiger charge is -2.31. The number of rotatable bonds is 8. The summed E-state index contributed by atoms with van der Waals surface area (Å²) in [5.41, 5.74) is 5.93. The van der Waals surface area contributed by atoms with Crippen LogP contribution in [0.15, 0.2) is 0 Å². The minimum absolute atomic E-state index is 0.0864. The second-order valence-electron chi connectivity index (χ2n) is 5.00. The van der Waals surface area contributed by atoms with E-state index in [-0.39, 0.29) is 11.9 Å². The molecule has 0 heterocycles. The summed E-state index contributed by atoms with van der Waals surface area (Å²) in [5.74, 6) is 0.757. The summed E-state index contributed by atoms with van der Waals surface area (Å²) in [4.78, 5) is 14.2. The zero-order valence-electron chi connectivity index (χ0n) is 11.3. The SMILES string of the molecule is CCCC(N)C(=O)N(CCOC)C(C)C1CC1. The molecule has 1 fully saturated rings. The van der Waals surface area contributed by atoms with Gasteiger partial charge in [0.25, 0.3) is 0 Å². The zero-order chi connectivity index (χ0) is 12.8. The normalized spacial score (nSPS) is 18.8. The van der Waals surface area contributed by atoms with Crippen molar-refractivity contribution in [2.24, 2.45) is 11.7 Å². The molecule has 0 radical (unpaired) electrons. The number of methoxy groups -OCH3 is 1. The summed E-state index contributed by atoms with van der Waals surface area (Å²) < 4.78 is 5.08. The Balaban J connectivity index is 2.56. The molecule has 0 aromatic rings. The van der Waals surface area contributed by atoms with Crippen molar-refractivity contribution in [2.75, 3.05) is 20.3 Å². The molecular formula is C13H26N2O2. The predicted octanol–water partition coefficient (Wildman–Crippen LogP) is 1.39. The van der Waals surface area contributed by atoms with Crippen LogP contribution in [0.2, 0.25) is 0 Å². The smallest absolute Gasteiger partial charge is 0.239 e. The average molecular weight is 242 g/mol. The molecule has 0 aliphatic heterocycles. The number of nitrogens with two attached hydrogens (primary N) is 1. The lowest BCUT2D eigenvalue weighted by Crippen LogP contribution is -2.49. The second kappa shape index (κ2) is 6.97. The van der Waals surface area contributed by atoms with Crippen LogP contribution in [0.4, 0.5) is 0 Å². The highest BCUT2D eigenvalue weighted by atomic mass is 16.5. The van der Waals surface area contributed by atoms with Gasteiger partial charge in [-0.25, -0.2) is 0 Å². The number of hydrogen-bond acceptors (Lipinski definition) is 3. The van der Waals surface area contributed by atoms with Crippen molar-refractivity contribution in [3.63, 3.8) is 0 Å². The Kier molecular flexibility index (Phi) is 5.92. The van der Waals surface area contributed by atoms with Gasteiger partial charge in [-0.15, -0.1) is 0 Å². The van der Waals surface area contributed by atoms with Crippen molar-refractivity contribution >= 4 is 5.91 Å². The van der Waals surface area contributed by atoms with Gasteiger partial charge in [-0.2, -0.15) is 0 Å². The van der Waals surface area contributed by atoms with Crippen LogP contribution in [0, 0.1) is 5.92 Å². The van der Waals surface area contributed by atoms with E-state index in [1.165, 1.54) is 12.8 Å². The number of carbonyl (C=O) groups is 1. The molecule has 0 spiro atoms. The van der Waals surface area contributed by atoms with Gasteiger partial charge in [0.2, 0.25) is 5.91 Å². The molecule has 1 amide bonds. The molecule has 1 rings (SSSR count). The van der Waals surface area contributed by atoms with Crippen molar-refractivity contribution in [3.05, 3.63) is 0 Å². The molecule has 0 bridgehead atoms. The van der Waals surface area contributed by atoms with E-state index in [1.807, 2.05) is 4.90 Å². The van der Waals surface area contributed by atoms with Gasteiger partial charge >= 0.3 is 0 Å². The molecule has 0 aromatic heterocycles. The Morgan fingerprint density at radius 1 is 1.53 bits per heavy atom. The second-order valence-corrected chi connectivity index (χ2v) is 5.00. The quantitative estimate of drug-likeness (QED) is 0.699. The third-order valence-electron chi connectivity index (χ3n) is 3.53. The molecule has 0 saturated heterocycles. The van der Waals surface area contributed by atoms with Crippen LogP contribution >= 0.6 is 0 Å². The van der Waals surface area contributed by atoms with Crippen LogP contribution in [0.5, 0.6) is 0 Å². The molecule has 4 heteroatoms. The topological polar surface area (TPSA) is 55.6 Å². The Morgan fingerprint density at radius 2 is 2.18 bits per heavy atom. The summed E-state index contributed by atoms with van der Waals surface area (Å²) >= 11 is 0. The fourth-order valence-corrected chi connectivity index (χ4v) is 2.18. The Bertz CT molecular complexity index is 242. The lowest BCUT2D eigenvalue weighted by atomic mass is 10.1. The summed E-state index contributed by atoms with van der Waals surface area (Å²) in [7, 11) is 1.66. The molecule has 100 valence electrons. The highest BCUT2D eigenvalue weighted by Gasteiger charge is 2.35. The summed E-state index contributed by atoms with van der Waals surface area (Å²) in [6, 6.07) is -0.0430. The first-order valence-electron chi connectivity index (χ1n) is 6.66. The molecule has 1 aliphatic rings. The van der Waals surface area contributed by atoms with Crippen molar-refractivity contribution in [3.8, 4) is 0 Å². The first-order valence-corrected chi connectivity index (χ1v) is 6.66. The zero-order valence-corrected chi connectivity index (χ0v) is 11.3. The van der Waals surface area contributed by atoms with Crippen LogP contribution in [-0.2, 0) is 9.53 Å². The van der Waals surface area contributed by atoms with E-state index >= 15 is 0 Å². The van der Waals surface area contributed by atoms with Gasteiger partial charge in [0, 0.05) is 19.7 Å². The average Bonchev–Trinajstić information content (AvgIpc) is 3.13. The first-order chi connectivity index (χ1) is 8.11. The highest BCUT2D eigenvalue weighted by Crippen LogP contribution is 2.35. The minimum atomic E-state index is -0.349. The van der Waals surface area contributed by atoms with Crippen molar-refractivity contribution in [1.29, 1.82) is 0 Å². The summed E-state index contributed by atoms with van der Waals surface area (Å²) in [6.45, 7) is 5.42. The van der Waals surface area contributed by atoms with Crippen LogP contribution in [0.3, 0.4) is 0 Å². The maximum Gasteiger partial charge on any atom is 0.239 e. The van der Waals surface area contributed by atoms with Crippen molar-refractivity contribution in [2.45, 2.75) is 51.6 Å². The van der Waals surface area contributed by atoms with E-state index in [4.69, 9.17) is 10.5 Å². The number of ether oxygens (including phenoxy) is 1. The van der Waals surface area contributed by atoms with Gasteiger partial charge in [-0.1, -0.05) is 13.3 Å². The van der Waals surface area contributed by atoms with Crippen LogP contribution in [0.1, 0.15) is 39.5 Å². The molecule has 2 N–H and O–H groups in total. The van der Waals surface area contributed by atoms with Gasteiger partial charge in [-0.3, -0.25) is 4.79 Å². The first kappa shape index (κ1) is 14.5. The van der Waals surface area contributed by atoms with E-state index in [0.717, 1.165) is 12.8 Å². The third kappa shape index (κ3) is 4.28. The molecule has 17 heavy (non-hydrogen) atoms. The number of carbonyl (C=O) groups excluding carboxylic acids is 1. The number of hydrogen-bond donors (Lipinski definition) is 1. The molecule has 1 saturated carbocycles. The largest absolute Gasteiger partial charge is 0.383 e. The number of nitrogens with zero attached hydrogens (tertiary/aromatic N) is 1. The minimum Gasteiger partial charge on any atom is -0.383 e. The Labute approximate surface area is 104 Å². The van der Waals surface area contributed by atoms with E-state index in [1.54, 1.807) is 7.11 Å². The molecule has 1 aliphatic carbocycles. The van der Waals surface area contributed by atoms with Gasteiger partial charge in [-0.05, 0) is 32.1 Å². The van der Waals surface area contributed by atoms with E-state index in [2.05, 4.69) is 13.8 Å². The van der Waals surface area contributed by atoms with Crippen LogP contribution < -0.4 is 5.73 Å². The molecular weight excluding hydrogens is 216 g/mol. The van der Waals surface area contributed by atoms with Crippen molar-refractivity contribution in [1.82, 2.24) is 4.90 Å². The van der Waals surface area contributed by atoms with Gasteiger partial charge < -0.3 is 15.4 Å². The molecule has 0 aromatic carbocycles. The van der Waals surface area contributed by atoms with Gasteiger partial charge in [0.1, 0.15) is 0 Å². The van der Waals surface area contributed by atoms with E-state index < -0.39 is 0 Å².